The van der Waals surface area contributed by atoms with Gasteiger partial charge in [-0.1, -0.05) is 29.8 Å². The van der Waals surface area contributed by atoms with Gasteiger partial charge >= 0.3 is 0 Å². The summed E-state index contributed by atoms with van der Waals surface area (Å²) >= 11 is 8.02. The van der Waals surface area contributed by atoms with Gasteiger partial charge in [0.1, 0.15) is 5.60 Å². The molecule has 0 amide bonds. The van der Waals surface area contributed by atoms with Gasteiger partial charge in [-0.2, -0.15) is 5.10 Å². The van der Waals surface area contributed by atoms with Crippen molar-refractivity contribution in [2.24, 2.45) is 0 Å². The summed E-state index contributed by atoms with van der Waals surface area (Å²) in [5, 5.41) is 12.7. The summed E-state index contributed by atoms with van der Waals surface area (Å²) in [6.07, 6.45) is 2.83. The lowest BCUT2D eigenvalue weighted by molar-refractivity contribution is -0.0956. The van der Waals surface area contributed by atoms with Crippen LogP contribution in [0.2, 0.25) is 4.34 Å². The number of aromatic nitrogens is 2. The number of benzene rings is 1. The number of ether oxygens (including phenoxy) is 1. The largest absolute Gasteiger partial charge is 0.369 e. The van der Waals surface area contributed by atoms with Crippen molar-refractivity contribution in [2.45, 2.75) is 43.9 Å². The minimum absolute atomic E-state index is 0.183. The van der Waals surface area contributed by atoms with Gasteiger partial charge in [-0.15, -0.1) is 11.3 Å². The highest BCUT2D eigenvalue weighted by Gasteiger charge is 2.46. The van der Waals surface area contributed by atoms with Crippen molar-refractivity contribution in [3.05, 3.63) is 50.8 Å². The molecule has 130 valence electrons. The zero-order valence-electron chi connectivity index (χ0n) is 14.0. The highest BCUT2D eigenvalue weighted by Crippen LogP contribution is 2.50. The number of piperidine rings is 1. The van der Waals surface area contributed by atoms with Crippen molar-refractivity contribution >= 4 is 33.8 Å². The third kappa shape index (κ3) is 2.53. The molecule has 1 spiro atoms. The van der Waals surface area contributed by atoms with Crippen LogP contribution in [-0.2, 0) is 16.8 Å². The number of H-pyrrole nitrogens is 1. The van der Waals surface area contributed by atoms with Crippen LogP contribution in [0, 0.1) is 0 Å². The van der Waals surface area contributed by atoms with Gasteiger partial charge in [-0.3, -0.25) is 5.10 Å². The fourth-order valence-electron chi connectivity index (χ4n) is 4.49. The Bertz CT molecular complexity index is 936. The lowest BCUT2D eigenvalue weighted by Crippen LogP contribution is -2.49. The maximum atomic E-state index is 6.43. The number of para-hydroxylation sites is 1. The summed E-state index contributed by atoms with van der Waals surface area (Å²) in [5.41, 5.74) is 3.28. The molecular formula is C19H20ClN3OS. The van der Waals surface area contributed by atoms with Crippen LogP contribution in [0.25, 0.3) is 10.9 Å². The van der Waals surface area contributed by atoms with E-state index in [2.05, 4.69) is 40.6 Å². The Morgan fingerprint density at radius 1 is 1.32 bits per heavy atom. The molecule has 2 N–H and O–H groups in total. The zero-order chi connectivity index (χ0) is 17.0. The van der Waals surface area contributed by atoms with Crippen molar-refractivity contribution in [3.63, 3.8) is 0 Å². The van der Waals surface area contributed by atoms with E-state index in [1.807, 2.05) is 12.1 Å². The number of rotatable bonds is 1. The molecule has 1 saturated heterocycles. The fraction of sp³-hybridized carbons (Fsp3) is 0.421. The SMILES string of the molecule is C[C@H]1C[C@@]2(C[C@@H](c3[nH]nc4ccccc34)N1)OCCc1cc(Cl)sc12. The van der Waals surface area contributed by atoms with Crippen LogP contribution < -0.4 is 5.32 Å². The van der Waals surface area contributed by atoms with Crippen molar-refractivity contribution in [1.29, 1.82) is 0 Å². The zero-order valence-corrected chi connectivity index (χ0v) is 15.6. The van der Waals surface area contributed by atoms with E-state index in [1.165, 1.54) is 15.8 Å². The number of nitrogens with zero attached hydrogens (tertiary/aromatic N) is 1. The molecule has 2 aliphatic heterocycles. The van der Waals surface area contributed by atoms with Crippen LogP contribution in [0.15, 0.2) is 30.3 Å². The number of hydrogen-bond donors (Lipinski definition) is 2. The van der Waals surface area contributed by atoms with Gasteiger partial charge in [0.15, 0.2) is 0 Å². The number of hydrogen-bond acceptors (Lipinski definition) is 4. The second-order valence-electron chi connectivity index (χ2n) is 7.18. The monoisotopic (exact) mass is 373 g/mol. The van der Waals surface area contributed by atoms with E-state index in [4.69, 9.17) is 16.3 Å². The lowest BCUT2D eigenvalue weighted by atomic mass is 9.79. The molecule has 0 saturated carbocycles. The van der Waals surface area contributed by atoms with E-state index in [0.717, 1.165) is 41.4 Å². The van der Waals surface area contributed by atoms with Gasteiger partial charge < -0.3 is 10.1 Å². The summed E-state index contributed by atoms with van der Waals surface area (Å²) < 4.78 is 7.30. The van der Waals surface area contributed by atoms with E-state index in [9.17, 15) is 0 Å². The summed E-state index contributed by atoms with van der Waals surface area (Å²) in [5.74, 6) is 0. The number of halogens is 1. The minimum Gasteiger partial charge on any atom is -0.369 e. The standard InChI is InChI=1S/C19H20ClN3OS/c1-11-9-19(18-12(6-7-24-19)8-16(20)25-18)10-15(21-11)17-13-4-2-3-5-14(13)22-23-17/h2-5,8,11,15,21H,6-7,9-10H2,1H3,(H,22,23)/t11-,15-,19-/m0/s1. The van der Waals surface area contributed by atoms with E-state index >= 15 is 0 Å². The van der Waals surface area contributed by atoms with E-state index in [-0.39, 0.29) is 11.6 Å². The summed E-state index contributed by atoms with van der Waals surface area (Å²) in [4.78, 5) is 1.32. The van der Waals surface area contributed by atoms with Crippen molar-refractivity contribution in [1.82, 2.24) is 15.5 Å². The number of nitrogens with one attached hydrogen (secondary N) is 2. The van der Waals surface area contributed by atoms with E-state index in [0.29, 0.717) is 6.04 Å². The van der Waals surface area contributed by atoms with Gasteiger partial charge in [0.2, 0.25) is 0 Å². The van der Waals surface area contributed by atoms with Crippen LogP contribution in [0.4, 0.5) is 0 Å². The van der Waals surface area contributed by atoms with Crippen molar-refractivity contribution < 1.29 is 4.74 Å². The molecule has 0 unspecified atom stereocenters. The molecule has 3 aromatic rings. The Hall–Kier alpha value is -1.40. The molecule has 2 aliphatic rings. The first-order valence-corrected chi connectivity index (χ1v) is 9.96. The molecule has 6 heteroatoms. The fourth-order valence-corrected chi connectivity index (χ4v) is 5.95. The molecular weight excluding hydrogens is 354 g/mol. The first kappa shape index (κ1) is 15.8. The minimum atomic E-state index is -0.243. The van der Waals surface area contributed by atoms with Gasteiger partial charge in [-0.05, 0) is 37.5 Å². The highest BCUT2D eigenvalue weighted by atomic mass is 35.5. The normalized spacial score (nSPS) is 29.2. The topological polar surface area (TPSA) is 49.9 Å². The average Bonchev–Trinajstić information content (AvgIpc) is 3.18. The molecule has 5 rings (SSSR count). The van der Waals surface area contributed by atoms with Gasteiger partial charge in [0.25, 0.3) is 0 Å². The smallest absolute Gasteiger partial charge is 0.106 e. The maximum Gasteiger partial charge on any atom is 0.106 e. The van der Waals surface area contributed by atoms with Crippen LogP contribution in [0.5, 0.6) is 0 Å². The summed E-state index contributed by atoms with van der Waals surface area (Å²) in [6, 6.07) is 10.9. The van der Waals surface area contributed by atoms with Crippen LogP contribution >= 0.6 is 22.9 Å². The molecule has 0 aliphatic carbocycles. The molecule has 4 heterocycles. The molecule has 25 heavy (non-hydrogen) atoms. The molecule has 2 aromatic heterocycles. The Kier molecular flexibility index (Phi) is 3.68. The van der Waals surface area contributed by atoms with Crippen molar-refractivity contribution in [3.8, 4) is 0 Å². The van der Waals surface area contributed by atoms with Crippen LogP contribution in [0.1, 0.15) is 41.9 Å². The second-order valence-corrected chi connectivity index (χ2v) is 8.86. The summed E-state index contributed by atoms with van der Waals surface area (Å²) in [7, 11) is 0. The van der Waals surface area contributed by atoms with Crippen LogP contribution in [-0.4, -0.2) is 22.8 Å². The summed E-state index contributed by atoms with van der Waals surface area (Å²) in [6.45, 7) is 3.00. The second kappa shape index (κ2) is 5.81. The average molecular weight is 374 g/mol. The molecule has 1 fully saturated rings. The molecule has 4 nitrogen and oxygen atoms in total. The highest BCUT2D eigenvalue weighted by molar-refractivity contribution is 7.16. The number of thiophene rings is 1. The molecule has 1 aromatic carbocycles. The van der Waals surface area contributed by atoms with Crippen molar-refractivity contribution in [2.75, 3.05) is 6.61 Å². The Morgan fingerprint density at radius 2 is 2.20 bits per heavy atom. The first-order chi connectivity index (χ1) is 12.1. The Balaban J connectivity index is 1.58. The van der Waals surface area contributed by atoms with E-state index in [1.54, 1.807) is 11.3 Å². The molecule has 0 bridgehead atoms. The number of aromatic amines is 1. The predicted molar refractivity (Wildman–Crippen MR) is 101 cm³/mol. The molecule has 0 radical (unpaired) electrons. The van der Waals surface area contributed by atoms with Crippen LogP contribution in [0.3, 0.4) is 0 Å². The Morgan fingerprint density at radius 3 is 3.12 bits per heavy atom. The number of fused-ring (bicyclic) bond motifs is 3. The predicted octanol–water partition coefficient (Wildman–Crippen LogP) is 4.56. The first-order valence-electron chi connectivity index (χ1n) is 8.76. The Labute approximate surface area is 155 Å². The maximum absolute atomic E-state index is 6.43. The van der Waals surface area contributed by atoms with Gasteiger partial charge in [0, 0.05) is 22.7 Å². The molecule has 3 atom stereocenters. The third-order valence-corrected chi connectivity index (χ3v) is 6.93. The van der Waals surface area contributed by atoms with Gasteiger partial charge in [-0.25, -0.2) is 0 Å². The van der Waals surface area contributed by atoms with Gasteiger partial charge in [0.05, 0.1) is 28.2 Å². The quantitative estimate of drug-likeness (QED) is 0.657. The third-order valence-electron chi connectivity index (χ3n) is 5.44. The van der Waals surface area contributed by atoms with E-state index < -0.39 is 0 Å². The lowest BCUT2D eigenvalue weighted by Gasteiger charge is -2.46.